The molecule has 0 amide bonds. The maximum absolute atomic E-state index is 12.9. The first-order valence-corrected chi connectivity index (χ1v) is 36.0. The van der Waals surface area contributed by atoms with Gasteiger partial charge in [0.1, 0.15) is 13.2 Å². The number of esters is 3. The van der Waals surface area contributed by atoms with E-state index in [1.807, 2.05) is 0 Å². The van der Waals surface area contributed by atoms with E-state index in [4.69, 9.17) is 14.2 Å². The maximum Gasteiger partial charge on any atom is 0.306 e. The van der Waals surface area contributed by atoms with Crippen LogP contribution in [0, 0.1) is 0 Å². The van der Waals surface area contributed by atoms with Gasteiger partial charge in [-0.05, 0) is 96.3 Å². The molecule has 1 atom stereocenters. The number of hydrogen-bond acceptors (Lipinski definition) is 6. The quantitative estimate of drug-likeness (QED) is 0.0261. The Labute approximate surface area is 499 Å². The van der Waals surface area contributed by atoms with Crippen molar-refractivity contribution >= 4 is 17.9 Å². The van der Waals surface area contributed by atoms with Crippen molar-refractivity contribution in [3.8, 4) is 0 Å². The molecule has 0 heterocycles. The second kappa shape index (κ2) is 69.1. The van der Waals surface area contributed by atoms with E-state index in [9.17, 15) is 14.4 Å². The van der Waals surface area contributed by atoms with Crippen molar-refractivity contribution < 1.29 is 28.6 Å². The van der Waals surface area contributed by atoms with E-state index in [2.05, 4.69) is 57.2 Å². The normalized spacial score (nSPS) is 12.2. The third kappa shape index (κ3) is 66.4. The summed E-state index contributed by atoms with van der Waals surface area (Å²) in [5, 5.41) is 0. The summed E-state index contributed by atoms with van der Waals surface area (Å²) < 4.78 is 17.0. The summed E-state index contributed by atoms with van der Waals surface area (Å²) in [4.78, 5) is 38.4. The molecule has 0 bridgehead atoms. The molecule has 0 fully saturated rings. The molecular formula is C74H138O6. The highest BCUT2D eigenvalue weighted by molar-refractivity contribution is 5.71. The fraction of sp³-hybridized carbons (Fsp3) is 0.878. The summed E-state index contributed by atoms with van der Waals surface area (Å²) in [6.45, 7) is 6.68. The predicted octanol–water partition coefficient (Wildman–Crippen LogP) is 24.7. The Morgan fingerprint density at radius 2 is 0.412 bits per heavy atom. The Kier molecular flexibility index (Phi) is 67.1. The molecule has 0 aliphatic carbocycles. The highest BCUT2D eigenvalue weighted by Gasteiger charge is 2.19. The van der Waals surface area contributed by atoms with Crippen LogP contribution in [-0.4, -0.2) is 37.2 Å². The number of rotatable bonds is 67. The van der Waals surface area contributed by atoms with E-state index >= 15 is 0 Å². The van der Waals surface area contributed by atoms with Gasteiger partial charge < -0.3 is 14.2 Å². The minimum atomic E-state index is -0.776. The van der Waals surface area contributed by atoms with Crippen molar-refractivity contribution in [1.29, 1.82) is 0 Å². The monoisotopic (exact) mass is 1120 g/mol. The molecular weight excluding hydrogens is 985 g/mol. The first-order valence-electron chi connectivity index (χ1n) is 36.0. The standard InChI is InChI=1S/C74H138O6/c1-4-7-10-13-16-19-22-25-28-30-31-32-33-34-35-36-37-38-39-40-41-42-43-45-46-49-52-55-58-61-64-67-73(76)79-70-71(69-78-72(75)66-63-60-57-54-51-48-27-24-21-18-15-12-9-6-3)80-74(77)68-65-62-59-56-53-50-47-44-29-26-23-20-17-14-11-8-5-2/h24,26-27,29-31,71H,4-23,25,28,32-70H2,1-3H3/b27-24-,29-26-,31-30-. The van der Waals surface area contributed by atoms with Crippen molar-refractivity contribution in [3.63, 3.8) is 0 Å². The summed E-state index contributed by atoms with van der Waals surface area (Å²) in [7, 11) is 0. The highest BCUT2D eigenvalue weighted by atomic mass is 16.6. The number of ether oxygens (including phenoxy) is 3. The van der Waals surface area contributed by atoms with Gasteiger partial charge in [0, 0.05) is 19.3 Å². The molecule has 80 heavy (non-hydrogen) atoms. The summed E-state index contributed by atoms with van der Waals surface area (Å²) in [6, 6.07) is 0. The van der Waals surface area contributed by atoms with Gasteiger partial charge in [-0.2, -0.15) is 0 Å². The maximum atomic E-state index is 12.9. The zero-order valence-electron chi connectivity index (χ0n) is 54.1. The molecule has 0 radical (unpaired) electrons. The topological polar surface area (TPSA) is 78.9 Å². The van der Waals surface area contributed by atoms with Crippen LogP contribution in [-0.2, 0) is 28.6 Å². The van der Waals surface area contributed by atoms with Crippen LogP contribution in [0.3, 0.4) is 0 Å². The van der Waals surface area contributed by atoms with Gasteiger partial charge in [0.05, 0.1) is 0 Å². The molecule has 0 aliphatic heterocycles. The molecule has 0 aromatic carbocycles. The lowest BCUT2D eigenvalue weighted by atomic mass is 10.0. The minimum absolute atomic E-state index is 0.0720. The average molecular weight is 1120 g/mol. The van der Waals surface area contributed by atoms with Crippen LogP contribution in [0.1, 0.15) is 400 Å². The summed E-state index contributed by atoms with van der Waals surface area (Å²) in [5.41, 5.74) is 0. The van der Waals surface area contributed by atoms with E-state index < -0.39 is 6.10 Å². The second-order valence-corrected chi connectivity index (χ2v) is 24.5. The van der Waals surface area contributed by atoms with E-state index in [0.29, 0.717) is 19.3 Å². The van der Waals surface area contributed by atoms with Crippen molar-refractivity contribution in [1.82, 2.24) is 0 Å². The van der Waals surface area contributed by atoms with E-state index in [1.54, 1.807) is 0 Å². The molecule has 0 N–H and O–H groups in total. The van der Waals surface area contributed by atoms with Gasteiger partial charge in [-0.3, -0.25) is 14.4 Å². The second-order valence-electron chi connectivity index (χ2n) is 24.5. The Morgan fingerprint density at radius 1 is 0.237 bits per heavy atom. The first kappa shape index (κ1) is 77.6. The molecule has 0 spiro atoms. The van der Waals surface area contributed by atoms with Gasteiger partial charge in [0.2, 0.25) is 0 Å². The van der Waals surface area contributed by atoms with Gasteiger partial charge in [0.15, 0.2) is 6.10 Å². The molecule has 0 rings (SSSR count). The third-order valence-electron chi connectivity index (χ3n) is 16.3. The van der Waals surface area contributed by atoms with Gasteiger partial charge in [-0.25, -0.2) is 0 Å². The molecule has 6 nitrogen and oxygen atoms in total. The van der Waals surface area contributed by atoms with Crippen LogP contribution in [0.15, 0.2) is 36.5 Å². The SMILES string of the molecule is CCCCCCC/C=C\CCCCCCCC(=O)OCC(COC(=O)CCCCCCCCCCCCCCCCCCCCC/C=C\CCCCCCCCCC)OC(=O)CCCCCCCCC/C=C\CCCCCCCC. The summed E-state index contributed by atoms with van der Waals surface area (Å²) >= 11 is 0. The first-order chi connectivity index (χ1) is 39.5. The predicted molar refractivity (Wildman–Crippen MR) is 349 cm³/mol. The highest BCUT2D eigenvalue weighted by Crippen LogP contribution is 2.18. The van der Waals surface area contributed by atoms with Crippen LogP contribution in [0.25, 0.3) is 0 Å². The average Bonchev–Trinajstić information content (AvgIpc) is 3.46. The fourth-order valence-electron chi connectivity index (χ4n) is 10.9. The lowest BCUT2D eigenvalue weighted by Gasteiger charge is -2.18. The Hall–Kier alpha value is -2.37. The van der Waals surface area contributed by atoms with Crippen molar-refractivity contribution in [3.05, 3.63) is 36.5 Å². The number of hydrogen-bond donors (Lipinski definition) is 0. The largest absolute Gasteiger partial charge is 0.462 e. The van der Waals surface area contributed by atoms with E-state index in [0.717, 1.165) is 64.2 Å². The number of allylic oxidation sites excluding steroid dienone is 6. The molecule has 470 valence electrons. The van der Waals surface area contributed by atoms with Gasteiger partial charge >= 0.3 is 17.9 Å². The molecule has 0 aromatic heterocycles. The van der Waals surface area contributed by atoms with Crippen molar-refractivity contribution in [2.75, 3.05) is 13.2 Å². The third-order valence-corrected chi connectivity index (χ3v) is 16.3. The van der Waals surface area contributed by atoms with Gasteiger partial charge in [-0.1, -0.05) is 320 Å². The minimum Gasteiger partial charge on any atom is -0.462 e. The van der Waals surface area contributed by atoms with E-state index in [1.165, 1.54) is 295 Å². The zero-order valence-corrected chi connectivity index (χ0v) is 54.1. The van der Waals surface area contributed by atoms with Gasteiger partial charge in [0.25, 0.3) is 0 Å². The van der Waals surface area contributed by atoms with Crippen LogP contribution < -0.4 is 0 Å². The van der Waals surface area contributed by atoms with Crippen molar-refractivity contribution in [2.24, 2.45) is 0 Å². The van der Waals surface area contributed by atoms with Crippen LogP contribution in [0.4, 0.5) is 0 Å². The van der Waals surface area contributed by atoms with E-state index in [-0.39, 0.29) is 31.1 Å². The molecule has 0 saturated carbocycles. The number of unbranched alkanes of at least 4 members (excludes halogenated alkanes) is 50. The molecule has 1 unspecified atom stereocenters. The molecule has 0 aromatic rings. The lowest BCUT2D eigenvalue weighted by Crippen LogP contribution is -2.30. The van der Waals surface area contributed by atoms with Crippen molar-refractivity contribution in [2.45, 2.75) is 406 Å². The lowest BCUT2D eigenvalue weighted by molar-refractivity contribution is -0.167. The van der Waals surface area contributed by atoms with Crippen LogP contribution in [0.2, 0.25) is 0 Å². The van der Waals surface area contributed by atoms with Crippen LogP contribution >= 0.6 is 0 Å². The Balaban J connectivity index is 4.16. The smallest absolute Gasteiger partial charge is 0.306 e. The number of carbonyl (C=O) groups is 3. The molecule has 0 aliphatic rings. The molecule has 6 heteroatoms. The summed E-state index contributed by atoms with van der Waals surface area (Å²) in [5.74, 6) is -0.858. The zero-order chi connectivity index (χ0) is 57.8. The summed E-state index contributed by atoms with van der Waals surface area (Å²) in [6.07, 6.45) is 86.1. The Bertz CT molecular complexity index is 1340. The van der Waals surface area contributed by atoms with Gasteiger partial charge in [-0.15, -0.1) is 0 Å². The number of carbonyl (C=O) groups excluding carboxylic acids is 3. The molecule has 0 saturated heterocycles. The fourth-order valence-corrected chi connectivity index (χ4v) is 10.9. The Morgan fingerprint density at radius 3 is 0.625 bits per heavy atom. The van der Waals surface area contributed by atoms with Crippen LogP contribution in [0.5, 0.6) is 0 Å².